The summed E-state index contributed by atoms with van der Waals surface area (Å²) >= 11 is 1.72. The smallest absolute Gasteiger partial charge is 0.194 e. The molecule has 18 heavy (non-hydrogen) atoms. The molecular weight excluding hydrogens is 247 g/mol. The number of halogens is 1. The Hall–Kier alpha value is -1.68. The van der Waals surface area contributed by atoms with Gasteiger partial charge in [0, 0.05) is 22.6 Å². The van der Waals surface area contributed by atoms with Gasteiger partial charge in [-0.05, 0) is 37.6 Å². The average Bonchev–Trinajstić information content (AvgIpc) is 2.90. The molecule has 1 aromatic carbocycles. The first-order valence-corrected chi connectivity index (χ1v) is 6.73. The van der Waals surface area contributed by atoms with E-state index in [4.69, 9.17) is 4.98 Å². The molecule has 0 fully saturated rings. The molecule has 4 heteroatoms. The van der Waals surface area contributed by atoms with E-state index < -0.39 is 0 Å². The van der Waals surface area contributed by atoms with Crippen LogP contribution >= 0.6 is 11.3 Å². The number of nitrogens with zero attached hydrogens (tertiary/aromatic N) is 2. The molecule has 1 aliphatic rings. The predicted molar refractivity (Wildman–Crippen MR) is 70.7 cm³/mol. The van der Waals surface area contributed by atoms with Crippen molar-refractivity contribution in [1.82, 2.24) is 9.38 Å². The zero-order valence-corrected chi connectivity index (χ0v) is 10.9. The minimum Gasteiger partial charge on any atom is -0.291 e. The molecule has 90 valence electrons. The molecule has 0 radical (unpaired) electrons. The van der Waals surface area contributed by atoms with Gasteiger partial charge in [-0.1, -0.05) is 0 Å². The minimum atomic E-state index is -0.168. The number of thiazole rings is 1. The molecule has 1 aliphatic carbocycles. The zero-order valence-electron chi connectivity index (χ0n) is 10.1. The van der Waals surface area contributed by atoms with Crippen LogP contribution in [0.4, 0.5) is 4.39 Å². The fourth-order valence-corrected chi connectivity index (χ4v) is 3.70. The summed E-state index contributed by atoms with van der Waals surface area (Å²) < 4.78 is 15.5. The molecule has 0 saturated heterocycles. The van der Waals surface area contributed by atoms with E-state index in [1.807, 2.05) is 6.07 Å². The SMILES string of the molecule is Cc1sc2nc3c(n2c1C)Cc1cc(F)ccc1-3. The number of aryl methyl sites for hydroxylation is 2. The largest absolute Gasteiger partial charge is 0.291 e. The second-order valence-electron chi connectivity index (χ2n) is 4.75. The summed E-state index contributed by atoms with van der Waals surface area (Å²) in [7, 11) is 0. The number of imidazole rings is 1. The van der Waals surface area contributed by atoms with Crippen molar-refractivity contribution in [3.05, 3.63) is 45.8 Å². The van der Waals surface area contributed by atoms with Crippen LogP contribution in [0, 0.1) is 19.7 Å². The van der Waals surface area contributed by atoms with Gasteiger partial charge in [0.25, 0.3) is 0 Å². The Balaban J connectivity index is 2.06. The van der Waals surface area contributed by atoms with E-state index in [-0.39, 0.29) is 5.82 Å². The van der Waals surface area contributed by atoms with Crippen molar-refractivity contribution in [2.24, 2.45) is 0 Å². The van der Waals surface area contributed by atoms with Crippen LogP contribution in [0.3, 0.4) is 0 Å². The van der Waals surface area contributed by atoms with Crippen molar-refractivity contribution in [3.8, 4) is 11.3 Å². The Labute approximate surface area is 108 Å². The summed E-state index contributed by atoms with van der Waals surface area (Å²) in [6.07, 6.45) is 0.778. The minimum absolute atomic E-state index is 0.168. The quantitative estimate of drug-likeness (QED) is 0.470. The fraction of sp³-hybridized carbons (Fsp3) is 0.214. The van der Waals surface area contributed by atoms with Crippen molar-refractivity contribution in [1.29, 1.82) is 0 Å². The van der Waals surface area contributed by atoms with Crippen LogP contribution in [0.1, 0.15) is 21.8 Å². The summed E-state index contributed by atoms with van der Waals surface area (Å²) in [6.45, 7) is 4.23. The van der Waals surface area contributed by atoms with E-state index in [0.717, 1.165) is 28.2 Å². The van der Waals surface area contributed by atoms with Gasteiger partial charge >= 0.3 is 0 Å². The Bertz CT molecular complexity index is 798. The first kappa shape index (κ1) is 10.3. The lowest BCUT2D eigenvalue weighted by Crippen LogP contribution is -1.92. The summed E-state index contributed by atoms with van der Waals surface area (Å²) in [6, 6.07) is 4.98. The topological polar surface area (TPSA) is 17.3 Å². The second kappa shape index (κ2) is 3.20. The molecule has 2 heterocycles. The lowest BCUT2D eigenvalue weighted by atomic mass is 10.1. The molecule has 2 nitrogen and oxygen atoms in total. The molecule has 4 rings (SSSR count). The molecule has 0 spiro atoms. The lowest BCUT2D eigenvalue weighted by Gasteiger charge is -1.98. The van der Waals surface area contributed by atoms with E-state index in [1.165, 1.54) is 22.3 Å². The third-order valence-electron chi connectivity index (χ3n) is 3.71. The number of hydrogen-bond acceptors (Lipinski definition) is 2. The highest BCUT2D eigenvalue weighted by molar-refractivity contribution is 7.17. The molecule has 0 bridgehead atoms. The number of rotatable bonds is 0. The molecule has 0 saturated carbocycles. The van der Waals surface area contributed by atoms with Gasteiger partial charge in [0.1, 0.15) is 5.82 Å². The molecule has 0 atom stereocenters. The summed E-state index contributed by atoms with van der Waals surface area (Å²) in [5.41, 5.74) is 5.60. The summed E-state index contributed by atoms with van der Waals surface area (Å²) in [5, 5.41) is 0. The van der Waals surface area contributed by atoms with Crippen LogP contribution in [-0.2, 0) is 6.42 Å². The van der Waals surface area contributed by atoms with Crippen molar-refractivity contribution < 1.29 is 4.39 Å². The van der Waals surface area contributed by atoms with Gasteiger partial charge in [-0.2, -0.15) is 0 Å². The van der Waals surface area contributed by atoms with Crippen LogP contribution < -0.4 is 0 Å². The van der Waals surface area contributed by atoms with Crippen LogP contribution in [-0.4, -0.2) is 9.38 Å². The first-order chi connectivity index (χ1) is 8.65. The Morgan fingerprint density at radius 1 is 1.33 bits per heavy atom. The Morgan fingerprint density at radius 2 is 2.17 bits per heavy atom. The lowest BCUT2D eigenvalue weighted by molar-refractivity contribution is 0.626. The number of aromatic nitrogens is 2. The van der Waals surface area contributed by atoms with Crippen molar-refractivity contribution >= 4 is 16.3 Å². The Kier molecular flexibility index (Phi) is 1.83. The Morgan fingerprint density at radius 3 is 3.00 bits per heavy atom. The number of benzene rings is 1. The standard InChI is InChI=1S/C14H11FN2S/c1-7-8(2)18-14-16-13-11-4-3-10(15)5-9(11)6-12(13)17(7)14/h3-5H,6H2,1-2H3. The molecular formula is C14H11FN2S. The number of fused-ring (bicyclic) bond motifs is 5. The normalized spacial score (nSPS) is 13.1. The van der Waals surface area contributed by atoms with E-state index in [2.05, 4.69) is 18.2 Å². The van der Waals surface area contributed by atoms with Crippen molar-refractivity contribution in [2.45, 2.75) is 20.3 Å². The van der Waals surface area contributed by atoms with Gasteiger partial charge < -0.3 is 0 Å². The van der Waals surface area contributed by atoms with E-state index in [1.54, 1.807) is 17.4 Å². The molecule has 0 aliphatic heterocycles. The van der Waals surface area contributed by atoms with Gasteiger partial charge in [0.2, 0.25) is 0 Å². The monoisotopic (exact) mass is 258 g/mol. The van der Waals surface area contributed by atoms with Gasteiger partial charge in [-0.15, -0.1) is 11.3 Å². The van der Waals surface area contributed by atoms with Crippen molar-refractivity contribution in [3.63, 3.8) is 0 Å². The van der Waals surface area contributed by atoms with Gasteiger partial charge in [0.05, 0.1) is 11.4 Å². The second-order valence-corrected chi connectivity index (χ2v) is 5.93. The highest BCUT2D eigenvalue weighted by atomic mass is 32.1. The van der Waals surface area contributed by atoms with Crippen LogP contribution in [0.15, 0.2) is 18.2 Å². The highest BCUT2D eigenvalue weighted by Gasteiger charge is 2.26. The first-order valence-electron chi connectivity index (χ1n) is 5.91. The summed E-state index contributed by atoms with van der Waals surface area (Å²) in [4.78, 5) is 7.05. The van der Waals surface area contributed by atoms with Gasteiger partial charge in [-0.25, -0.2) is 9.37 Å². The van der Waals surface area contributed by atoms with Crippen molar-refractivity contribution in [2.75, 3.05) is 0 Å². The van der Waals surface area contributed by atoms with E-state index in [9.17, 15) is 4.39 Å². The average molecular weight is 258 g/mol. The van der Waals surface area contributed by atoms with Crippen LogP contribution in [0.5, 0.6) is 0 Å². The van der Waals surface area contributed by atoms with E-state index in [0.29, 0.717) is 0 Å². The predicted octanol–water partition coefficient (Wildman–Crippen LogP) is 3.72. The highest BCUT2D eigenvalue weighted by Crippen LogP contribution is 2.39. The maximum atomic E-state index is 13.3. The molecule has 0 amide bonds. The molecule has 3 aromatic rings. The summed E-state index contributed by atoms with van der Waals surface area (Å²) in [5.74, 6) is -0.168. The third-order valence-corrected chi connectivity index (χ3v) is 4.77. The zero-order chi connectivity index (χ0) is 12.4. The van der Waals surface area contributed by atoms with Crippen LogP contribution in [0.25, 0.3) is 16.2 Å². The number of hydrogen-bond donors (Lipinski definition) is 0. The third kappa shape index (κ3) is 1.13. The maximum absolute atomic E-state index is 13.3. The van der Waals surface area contributed by atoms with Crippen LogP contribution in [0.2, 0.25) is 0 Å². The molecule has 2 aromatic heterocycles. The van der Waals surface area contributed by atoms with E-state index >= 15 is 0 Å². The van der Waals surface area contributed by atoms with Gasteiger partial charge in [0.15, 0.2) is 4.96 Å². The maximum Gasteiger partial charge on any atom is 0.194 e. The molecule has 0 N–H and O–H groups in total. The van der Waals surface area contributed by atoms with Gasteiger partial charge in [-0.3, -0.25) is 4.40 Å². The molecule has 0 unspecified atom stereocenters. The fourth-order valence-electron chi connectivity index (χ4n) is 2.71.